The van der Waals surface area contributed by atoms with Gasteiger partial charge in [0.05, 0.1) is 18.2 Å². The number of amides is 1. The van der Waals surface area contributed by atoms with E-state index in [2.05, 4.69) is 20.4 Å². The SMILES string of the molecule is CCC(CO)NC(=O)c1ccc(-n2cncn2)nc1. The Bertz CT molecular complexity index is 520. The summed E-state index contributed by atoms with van der Waals surface area (Å²) in [6.07, 6.45) is 5.08. The lowest BCUT2D eigenvalue weighted by molar-refractivity contribution is 0.0914. The number of carbonyl (C=O) groups is 1. The Morgan fingerprint density at radius 3 is 2.89 bits per heavy atom. The Hall–Kier alpha value is -2.28. The third-order valence-corrected chi connectivity index (χ3v) is 2.71. The predicted octanol–water partition coefficient (Wildman–Crippen LogP) is 0.163. The maximum Gasteiger partial charge on any atom is 0.253 e. The van der Waals surface area contributed by atoms with Crippen LogP contribution in [0.5, 0.6) is 0 Å². The first-order chi connectivity index (χ1) is 9.24. The van der Waals surface area contributed by atoms with Crippen molar-refractivity contribution in [3.8, 4) is 5.82 Å². The van der Waals surface area contributed by atoms with Gasteiger partial charge in [-0.15, -0.1) is 0 Å². The second-order valence-electron chi connectivity index (χ2n) is 4.01. The summed E-state index contributed by atoms with van der Waals surface area (Å²) in [4.78, 5) is 19.8. The van der Waals surface area contributed by atoms with Crippen molar-refractivity contribution in [1.29, 1.82) is 0 Å². The highest BCUT2D eigenvalue weighted by Crippen LogP contribution is 2.04. The Morgan fingerprint density at radius 2 is 2.37 bits per heavy atom. The number of hydrogen-bond acceptors (Lipinski definition) is 5. The van der Waals surface area contributed by atoms with E-state index in [-0.39, 0.29) is 18.6 Å². The molecule has 2 rings (SSSR count). The average Bonchev–Trinajstić information content (AvgIpc) is 2.99. The number of carbonyl (C=O) groups excluding carboxylic acids is 1. The minimum absolute atomic E-state index is 0.0767. The van der Waals surface area contributed by atoms with Gasteiger partial charge in [0.25, 0.3) is 5.91 Å². The standard InChI is InChI=1S/C12H15N5O2/c1-2-10(6-18)16-12(19)9-3-4-11(14-5-9)17-8-13-7-15-17/h3-5,7-8,10,18H,2,6H2,1H3,(H,16,19). The average molecular weight is 261 g/mol. The Balaban J connectivity index is 2.08. The third kappa shape index (κ3) is 3.14. The molecule has 19 heavy (non-hydrogen) atoms. The molecule has 0 saturated carbocycles. The van der Waals surface area contributed by atoms with Gasteiger partial charge in [0.15, 0.2) is 5.82 Å². The fourth-order valence-electron chi connectivity index (χ4n) is 1.53. The van der Waals surface area contributed by atoms with E-state index in [1.807, 2.05) is 6.92 Å². The van der Waals surface area contributed by atoms with Gasteiger partial charge in [-0.2, -0.15) is 5.10 Å². The Kier molecular flexibility index (Phi) is 4.19. The van der Waals surface area contributed by atoms with Gasteiger partial charge in [0.1, 0.15) is 12.7 Å². The molecule has 7 heteroatoms. The summed E-state index contributed by atoms with van der Waals surface area (Å²) in [6, 6.07) is 3.11. The maximum absolute atomic E-state index is 11.9. The first kappa shape index (κ1) is 13.2. The molecule has 0 saturated heterocycles. The third-order valence-electron chi connectivity index (χ3n) is 2.71. The van der Waals surface area contributed by atoms with Gasteiger partial charge in [0.2, 0.25) is 0 Å². The smallest absolute Gasteiger partial charge is 0.253 e. The van der Waals surface area contributed by atoms with Crippen molar-refractivity contribution in [2.75, 3.05) is 6.61 Å². The van der Waals surface area contributed by atoms with Crippen LogP contribution >= 0.6 is 0 Å². The molecule has 0 aliphatic carbocycles. The topological polar surface area (TPSA) is 92.9 Å². The summed E-state index contributed by atoms with van der Waals surface area (Å²) in [7, 11) is 0. The summed E-state index contributed by atoms with van der Waals surface area (Å²) >= 11 is 0. The van der Waals surface area contributed by atoms with Gasteiger partial charge < -0.3 is 10.4 Å². The van der Waals surface area contributed by atoms with Gasteiger partial charge in [-0.25, -0.2) is 14.6 Å². The van der Waals surface area contributed by atoms with Crippen molar-refractivity contribution in [2.45, 2.75) is 19.4 Å². The molecule has 0 aromatic carbocycles. The second kappa shape index (κ2) is 6.05. The molecular weight excluding hydrogens is 246 g/mol. The molecule has 100 valence electrons. The summed E-state index contributed by atoms with van der Waals surface area (Å²) in [5.41, 5.74) is 0.441. The number of nitrogens with zero attached hydrogens (tertiary/aromatic N) is 4. The Morgan fingerprint density at radius 1 is 1.53 bits per heavy atom. The van der Waals surface area contributed by atoms with Crippen molar-refractivity contribution < 1.29 is 9.90 Å². The lowest BCUT2D eigenvalue weighted by atomic mass is 10.2. The van der Waals surface area contributed by atoms with Crippen LogP contribution in [0.4, 0.5) is 0 Å². The summed E-state index contributed by atoms with van der Waals surface area (Å²) in [5, 5.41) is 15.7. The van der Waals surface area contributed by atoms with Gasteiger partial charge >= 0.3 is 0 Å². The minimum Gasteiger partial charge on any atom is -0.394 e. The van der Waals surface area contributed by atoms with Crippen LogP contribution in [0.1, 0.15) is 23.7 Å². The number of rotatable bonds is 5. The molecule has 1 amide bonds. The molecule has 1 unspecified atom stereocenters. The molecule has 0 aliphatic rings. The maximum atomic E-state index is 11.9. The zero-order valence-electron chi connectivity index (χ0n) is 10.5. The molecule has 0 aliphatic heterocycles. The van der Waals surface area contributed by atoms with E-state index in [4.69, 9.17) is 5.11 Å². The number of aliphatic hydroxyl groups excluding tert-OH is 1. The van der Waals surface area contributed by atoms with E-state index in [1.165, 1.54) is 23.5 Å². The molecule has 1 atom stereocenters. The van der Waals surface area contributed by atoms with E-state index in [0.29, 0.717) is 17.8 Å². The lowest BCUT2D eigenvalue weighted by Crippen LogP contribution is -2.36. The summed E-state index contributed by atoms with van der Waals surface area (Å²) in [6.45, 7) is 1.82. The first-order valence-corrected chi connectivity index (χ1v) is 5.97. The van der Waals surface area contributed by atoms with Crippen LogP contribution in [0.15, 0.2) is 31.0 Å². The Labute approximate surface area is 110 Å². The normalized spacial score (nSPS) is 12.1. The molecule has 2 aromatic rings. The number of aliphatic hydroxyl groups is 1. The van der Waals surface area contributed by atoms with Crippen molar-refractivity contribution in [3.05, 3.63) is 36.5 Å². The van der Waals surface area contributed by atoms with Crippen LogP contribution in [0, 0.1) is 0 Å². The van der Waals surface area contributed by atoms with E-state index < -0.39 is 0 Å². The van der Waals surface area contributed by atoms with Gasteiger partial charge in [-0.05, 0) is 18.6 Å². The van der Waals surface area contributed by atoms with Crippen molar-refractivity contribution >= 4 is 5.91 Å². The molecule has 0 radical (unpaired) electrons. The molecule has 2 aromatic heterocycles. The van der Waals surface area contributed by atoms with Crippen LogP contribution in [0.3, 0.4) is 0 Å². The predicted molar refractivity (Wildman–Crippen MR) is 67.8 cm³/mol. The number of pyridine rings is 1. The summed E-state index contributed by atoms with van der Waals surface area (Å²) in [5.74, 6) is 0.335. The summed E-state index contributed by atoms with van der Waals surface area (Å²) < 4.78 is 1.50. The number of nitrogens with one attached hydrogen (secondary N) is 1. The molecule has 2 N–H and O–H groups in total. The van der Waals surface area contributed by atoms with Crippen molar-refractivity contribution in [3.63, 3.8) is 0 Å². The molecular formula is C12H15N5O2. The molecule has 0 bridgehead atoms. The van der Waals surface area contributed by atoms with Gasteiger partial charge in [-0.3, -0.25) is 4.79 Å². The zero-order chi connectivity index (χ0) is 13.7. The van der Waals surface area contributed by atoms with Crippen molar-refractivity contribution in [1.82, 2.24) is 25.1 Å². The highest BCUT2D eigenvalue weighted by atomic mass is 16.3. The number of aromatic nitrogens is 4. The van der Waals surface area contributed by atoms with E-state index in [9.17, 15) is 4.79 Å². The first-order valence-electron chi connectivity index (χ1n) is 5.97. The van der Waals surface area contributed by atoms with E-state index in [1.54, 1.807) is 12.1 Å². The second-order valence-corrected chi connectivity index (χ2v) is 4.01. The fourth-order valence-corrected chi connectivity index (χ4v) is 1.53. The fraction of sp³-hybridized carbons (Fsp3) is 0.333. The largest absolute Gasteiger partial charge is 0.394 e. The number of hydrogen-bond donors (Lipinski definition) is 2. The minimum atomic E-state index is -0.251. The molecule has 0 fully saturated rings. The van der Waals surface area contributed by atoms with E-state index >= 15 is 0 Å². The highest BCUT2D eigenvalue weighted by molar-refractivity contribution is 5.94. The molecule has 2 heterocycles. The monoisotopic (exact) mass is 261 g/mol. The van der Waals surface area contributed by atoms with Crippen LogP contribution in [0.2, 0.25) is 0 Å². The lowest BCUT2D eigenvalue weighted by Gasteiger charge is -2.13. The van der Waals surface area contributed by atoms with Gasteiger partial charge in [0, 0.05) is 6.20 Å². The molecule has 0 spiro atoms. The van der Waals surface area contributed by atoms with Crippen molar-refractivity contribution in [2.24, 2.45) is 0 Å². The zero-order valence-corrected chi connectivity index (χ0v) is 10.5. The van der Waals surface area contributed by atoms with Crippen LogP contribution in [-0.4, -0.2) is 43.4 Å². The van der Waals surface area contributed by atoms with Gasteiger partial charge in [-0.1, -0.05) is 6.92 Å². The van der Waals surface area contributed by atoms with E-state index in [0.717, 1.165) is 0 Å². The van der Waals surface area contributed by atoms with Crippen LogP contribution in [-0.2, 0) is 0 Å². The van der Waals surface area contributed by atoms with Crippen LogP contribution in [0.25, 0.3) is 5.82 Å². The highest BCUT2D eigenvalue weighted by Gasteiger charge is 2.11. The van der Waals surface area contributed by atoms with Crippen LogP contribution < -0.4 is 5.32 Å². The quantitative estimate of drug-likeness (QED) is 0.800. The molecule has 7 nitrogen and oxygen atoms in total.